The maximum absolute atomic E-state index is 12.1. The number of aryl methyl sites for hydroxylation is 1. The Hall–Kier alpha value is -2.83. The minimum atomic E-state index is -0.133. The number of rotatable bonds is 10. The van der Waals surface area contributed by atoms with Gasteiger partial charge in [-0.2, -0.15) is 9.50 Å². The van der Waals surface area contributed by atoms with Gasteiger partial charge in [0.05, 0.1) is 18.8 Å². The Labute approximate surface area is 158 Å². The number of hydrogen-bond acceptors (Lipinski definition) is 5. The standard InChI is InChI=1S/C20H27N5O2/c1-3-5-6-12-27-17-10-8-15(9-11-17)21-14-18-23-20-22-16(7-4-2)13-19(26)25(20)24-18/h8-11,13,21H,3-7,12,14H2,1-2H3,(H,22,23,24). The molecule has 0 fully saturated rings. The smallest absolute Gasteiger partial charge is 0.274 e. The molecule has 2 N–H and O–H groups in total. The zero-order valence-corrected chi connectivity index (χ0v) is 16.0. The van der Waals surface area contributed by atoms with E-state index in [1.54, 1.807) is 6.07 Å². The number of ether oxygens (including phenoxy) is 1. The van der Waals surface area contributed by atoms with Crippen molar-refractivity contribution in [1.82, 2.24) is 19.6 Å². The molecule has 0 amide bonds. The first kappa shape index (κ1) is 18.9. The molecule has 0 saturated heterocycles. The number of H-pyrrole nitrogens is 1. The van der Waals surface area contributed by atoms with E-state index in [1.165, 1.54) is 17.4 Å². The van der Waals surface area contributed by atoms with E-state index in [0.29, 0.717) is 18.1 Å². The van der Waals surface area contributed by atoms with Crippen molar-refractivity contribution in [3.8, 4) is 5.75 Å². The highest BCUT2D eigenvalue weighted by molar-refractivity contribution is 5.46. The zero-order valence-electron chi connectivity index (χ0n) is 16.0. The second kappa shape index (κ2) is 9.21. The van der Waals surface area contributed by atoms with Crippen molar-refractivity contribution < 1.29 is 4.74 Å². The molecule has 0 unspecified atom stereocenters. The third-order valence-corrected chi connectivity index (χ3v) is 4.27. The van der Waals surface area contributed by atoms with Gasteiger partial charge in [0.15, 0.2) is 0 Å². The number of nitrogens with zero attached hydrogens (tertiary/aromatic N) is 3. The van der Waals surface area contributed by atoms with Crippen molar-refractivity contribution in [2.24, 2.45) is 0 Å². The Morgan fingerprint density at radius 1 is 1.11 bits per heavy atom. The number of unbranched alkanes of at least 4 members (excludes halogenated alkanes) is 2. The predicted molar refractivity (Wildman–Crippen MR) is 106 cm³/mol. The number of fused-ring (bicyclic) bond motifs is 1. The first-order chi connectivity index (χ1) is 13.2. The van der Waals surface area contributed by atoms with Crippen LogP contribution in [0, 0.1) is 0 Å². The van der Waals surface area contributed by atoms with Gasteiger partial charge in [-0.05, 0) is 37.1 Å². The van der Waals surface area contributed by atoms with Gasteiger partial charge < -0.3 is 10.1 Å². The van der Waals surface area contributed by atoms with Crippen molar-refractivity contribution in [3.63, 3.8) is 0 Å². The van der Waals surface area contributed by atoms with Gasteiger partial charge in [0, 0.05) is 11.8 Å². The van der Waals surface area contributed by atoms with Gasteiger partial charge in [-0.1, -0.05) is 33.1 Å². The summed E-state index contributed by atoms with van der Waals surface area (Å²) < 4.78 is 7.10. The van der Waals surface area contributed by atoms with Crippen molar-refractivity contribution in [3.05, 3.63) is 52.2 Å². The fourth-order valence-electron chi connectivity index (χ4n) is 2.83. The van der Waals surface area contributed by atoms with E-state index >= 15 is 0 Å². The summed E-state index contributed by atoms with van der Waals surface area (Å²) in [6.45, 7) is 5.47. The van der Waals surface area contributed by atoms with Crippen LogP contribution in [0.5, 0.6) is 5.75 Å². The summed E-state index contributed by atoms with van der Waals surface area (Å²) in [5, 5.41) is 6.29. The minimum Gasteiger partial charge on any atom is -0.494 e. The molecule has 3 rings (SSSR count). The molecule has 0 bridgehead atoms. The molecule has 144 valence electrons. The summed E-state index contributed by atoms with van der Waals surface area (Å²) in [6, 6.07) is 9.42. The monoisotopic (exact) mass is 369 g/mol. The van der Waals surface area contributed by atoms with E-state index in [2.05, 4.69) is 34.2 Å². The summed E-state index contributed by atoms with van der Waals surface area (Å²) in [6.07, 6.45) is 5.18. The van der Waals surface area contributed by atoms with Gasteiger partial charge in [-0.3, -0.25) is 9.89 Å². The average Bonchev–Trinajstić information content (AvgIpc) is 3.08. The maximum atomic E-state index is 12.1. The highest BCUT2D eigenvalue weighted by atomic mass is 16.5. The van der Waals surface area contributed by atoms with Gasteiger partial charge >= 0.3 is 0 Å². The van der Waals surface area contributed by atoms with Crippen LogP contribution < -0.4 is 15.6 Å². The van der Waals surface area contributed by atoms with Crippen LogP contribution in [0.3, 0.4) is 0 Å². The van der Waals surface area contributed by atoms with Gasteiger partial charge in [0.25, 0.3) is 11.3 Å². The average molecular weight is 369 g/mol. The lowest BCUT2D eigenvalue weighted by Gasteiger charge is -2.08. The van der Waals surface area contributed by atoms with E-state index < -0.39 is 0 Å². The molecule has 3 aromatic rings. The van der Waals surface area contributed by atoms with E-state index in [1.807, 2.05) is 24.3 Å². The molecular weight excluding hydrogens is 342 g/mol. The molecule has 27 heavy (non-hydrogen) atoms. The number of anilines is 1. The van der Waals surface area contributed by atoms with Crippen LogP contribution in [-0.2, 0) is 13.0 Å². The van der Waals surface area contributed by atoms with Crippen LogP contribution in [0.15, 0.2) is 35.1 Å². The second-order valence-corrected chi connectivity index (χ2v) is 6.57. The maximum Gasteiger partial charge on any atom is 0.274 e. The van der Waals surface area contributed by atoms with Gasteiger partial charge in [-0.25, -0.2) is 4.98 Å². The Bertz CT molecular complexity index is 914. The largest absolute Gasteiger partial charge is 0.494 e. The first-order valence-electron chi connectivity index (χ1n) is 9.64. The summed E-state index contributed by atoms with van der Waals surface area (Å²) in [4.78, 5) is 21.0. The fourth-order valence-corrected chi connectivity index (χ4v) is 2.83. The third kappa shape index (κ3) is 5.09. The SMILES string of the molecule is CCCCCOc1ccc(NCc2nc3nc(CCC)cc(=O)n3[nH]2)cc1. The van der Waals surface area contributed by atoms with Crippen molar-refractivity contribution in [2.75, 3.05) is 11.9 Å². The topological polar surface area (TPSA) is 84.3 Å². The number of hydrogen-bond donors (Lipinski definition) is 2. The van der Waals surface area contributed by atoms with Gasteiger partial charge in [0.1, 0.15) is 11.6 Å². The summed E-state index contributed by atoms with van der Waals surface area (Å²) in [5.41, 5.74) is 1.61. The number of benzene rings is 1. The minimum absolute atomic E-state index is 0.133. The van der Waals surface area contributed by atoms with Crippen molar-refractivity contribution in [1.29, 1.82) is 0 Å². The molecule has 0 aliphatic carbocycles. The molecule has 0 radical (unpaired) electrons. The Morgan fingerprint density at radius 2 is 1.93 bits per heavy atom. The number of aromatic nitrogens is 4. The molecule has 2 aromatic heterocycles. The van der Waals surface area contributed by atoms with E-state index in [9.17, 15) is 4.79 Å². The van der Waals surface area contributed by atoms with Crippen LogP contribution in [-0.4, -0.2) is 26.2 Å². The molecule has 0 aliphatic heterocycles. The first-order valence-corrected chi connectivity index (χ1v) is 9.64. The second-order valence-electron chi connectivity index (χ2n) is 6.57. The van der Waals surface area contributed by atoms with Crippen molar-refractivity contribution >= 4 is 11.5 Å². The molecule has 0 atom stereocenters. The quantitative estimate of drug-likeness (QED) is 0.534. The number of aromatic amines is 1. The molecular formula is C20H27N5O2. The van der Waals surface area contributed by atoms with E-state index in [4.69, 9.17) is 4.74 Å². The molecule has 0 spiro atoms. The van der Waals surface area contributed by atoms with Crippen molar-refractivity contribution in [2.45, 2.75) is 52.5 Å². The normalized spacial score (nSPS) is 11.0. The van der Waals surface area contributed by atoms with Gasteiger partial charge in [0.2, 0.25) is 0 Å². The highest BCUT2D eigenvalue weighted by Gasteiger charge is 2.08. The number of nitrogens with one attached hydrogen (secondary N) is 2. The van der Waals surface area contributed by atoms with Gasteiger partial charge in [-0.15, -0.1) is 0 Å². The summed E-state index contributed by atoms with van der Waals surface area (Å²) >= 11 is 0. The Kier molecular flexibility index (Phi) is 6.46. The zero-order chi connectivity index (χ0) is 19.1. The molecule has 2 heterocycles. The molecule has 0 saturated carbocycles. The summed E-state index contributed by atoms with van der Waals surface area (Å²) in [7, 11) is 0. The van der Waals surface area contributed by atoms with Crippen LogP contribution in [0.1, 0.15) is 51.0 Å². The molecule has 7 heteroatoms. The van der Waals surface area contributed by atoms with Crippen LogP contribution in [0.25, 0.3) is 5.78 Å². The Balaban J connectivity index is 1.59. The predicted octanol–water partition coefficient (Wildman–Crippen LogP) is 3.55. The highest BCUT2D eigenvalue weighted by Crippen LogP contribution is 2.16. The third-order valence-electron chi connectivity index (χ3n) is 4.27. The van der Waals surface area contributed by atoms with E-state index in [-0.39, 0.29) is 5.56 Å². The lowest BCUT2D eigenvalue weighted by molar-refractivity contribution is 0.306. The lowest BCUT2D eigenvalue weighted by atomic mass is 10.2. The van der Waals surface area contributed by atoms with Crippen LogP contribution >= 0.6 is 0 Å². The molecule has 1 aromatic carbocycles. The lowest BCUT2D eigenvalue weighted by Crippen LogP contribution is -2.15. The van der Waals surface area contributed by atoms with Crippen LogP contribution in [0.2, 0.25) is 0 Å². The molecule has 0 aliphatic rings. The Morgan fingerprint density at radius 3 is 2.67 bits per heavy atom. The fraction of sp³-hybridized carbons (Fsp3) is 0.450. The van der Waals surface area contributed by atoms with Crippen LogP contribution in [0.4, 0.5) is 5.69 Å². The van der Waals surface area contributed by atoms with E-state index in [0.717, 1.165) is 43.0 Å². The summed E-state index contributed by atoms with van der Waals surface area (Å²) in [5.74, 6) is 1.95. The molecule has 7 nitrogen and oxygen atoms in total.